The first kappa shape index (κ1) is 29.0. The van der Waals surface area contributed by atoms with E-state index in [1.165, 1.54) is 0 Å². The van der Waals surface area contributed by atoms with Crippen LogP contribution in [0.25, 0.3) is 0 Å². The van der Waals surface area contributed by atoms with Gasteiger partial charge in [-0.25, -0.2) is 0 Å². The molecule has 212 valence electrons. The van der Waals surface area contributed by atoms with Gasteiger partial charge < -0.3 is 24.6 Å². The lowest BCUT2D eigenvalue weighted by molar-refractivity contribution is -0.165. The number of ether oxygens (including phenoxy) is 2. The zero-order chi connectivity index (χ0) is 27.7. The number of benzene rings is 1. The number of amides is 1. The van der Waals surface area contributed by atoms with Crippen LogP contribution in [-0.4, -0.2) is 88.5 Å². The molecule has 39 heavy (non-hydrogen) atoms. The van der Waals surface area contributed by atoms with E-state index in [9.17, 15) is 19.8 Å². The second kappa shape index (κ2) is 13.9. The van der Waals surface area contributed by atoms with Gasteiger partial charge in [-0.05, 0) is 82.4 Å². The van der Waals surface area contributed by atoms with Gasteiger partial charge in [0.25, 0.3) is 5.91 Å². The number of piperidine rings is 1. The van der Waals surface area contributed by atoms with Crippen LogP contribution in [0.4, 0.5) is 0 Å². The van der Waals surface area contributed by atoms with E-state index in [4.69, 9.17) is 9.47 Å². The smallest absolute Gasteiger partial charge is 0.312 e. The van der Waals surface area contributed by atoms with Crippen molar-refractivity contribution in [2.75, 3.05) is 39.4 Å². The number of carbonyl (C=O) groups is 2. The molecular formula is C30H41N3O6. The summed E-state index contributed by atoms with van der Waals surface area (Å²) < 4.78 is 11.1. The third-order valence-electron chi connectivity index (χ3n) is 7.89. The van der Waals surface area contributed by atoms with Gasteiger partial charge in [0.1, 0.15) is 18.5 Å². The monoisotopic (exact) mass is 539 g/mol. The summed E-state index contributed by atoms with van der Waals surface area (Å²) in [6, 6.07) is 13.0. The minimum Gasteiger partial charge on any atom is -0.494 e. The molecule has 4 rings (SSSR count). The molecule has 9 heteroatoms. The molecular weight excluding hydrogens is 498 g/mol. The highest BCUT2D eigenvalue weighted by atomic mass is 16.5. The van der Waals surface area contributed by atoms with Crippen LogP contribution >= 0.6 is 0 Å². The molecule has 0 bridgehead atoms. The Kier molecular flexibility index (Phi) is 10.3. The summed E-state index contributed by atoms with van der Waals surface area (Å²) in [5.74, 6) is 0.195. The number of hydrogen-bond donors (Lipinski definition) is 2. The number of cyclic esters (lactones) is 1. The Hall–Kier alpha value is -3.01. The highest BCUT2D eigenvalue weighted by Crippen LogP contribution is 2.38. The molecule has 3 heterocycles. The average molecular weight is 540 g/mol. The van der Waals surface area contributed by atoms with E-state index in [2.05, 4.69) is 9.88 Å². The third kappa shape index (κ3) is 7.77. The molecule has 2 aliphatic rings. The lowest BCUT2D eigenvalue weighted by Crippen LogP contribution is -2.46. The number of carbonyl (C=O) groups excluding carboxylic acids is 2. The van der Waals surface area contributed by atoms with Gasteiger partial charge in [-0.3, -0.25) is 19.5 Å². The van der Waals surface area contributed by atoms with Crippen LogP contribution in [0.1, 0.15) is 61.5 Å². The molecule has 1 amide bonds. The van der Waals surface area contributed by atoms with Crippen LogP contribution < -0.4 is 4.74 Å². The molecule has 2 saturated heterocycles. The zero-order valence-corrected chi connectivity index (χ0v) is 22.8. The SMILES string of the molecule is CCOc1cccc(C(=O)N2CCCCC3(CCN(Cc4ccccn4)CC3)C(=O)OC[C@@H](O)[C@@H](O)CC2)c1. The van der Waals surface area contributed by atoms with Crippen molar-refractivity contribution >= 4 is 11.9 Å². The lowest BCUT2D eigenvalue weighted by atomic mass is 9.74. The van der Waals surface area contributed by atoms with Gasteiger partial charge in [-0.2, -0.15) is 0 Å². The molecule has 1 aromatic heterocycles. The van der Waals surface area contributed by atoms with Crippen LogP contribution in [0.15, 0.2) is 48.7 Å². The molecule has 0 aliphatic carbocycles. The first-order chi connectivity index (χ1) is 18.9. The van der Waals surface area contributed by atoms with E-state index in [1.54, 1.807) is 29.3 Å². The Morgan fingerprint density at radius 2 is 1.87 bits per heavy atom. The maximum Gasteiger partial charge on any atom is 0.312 e. The minimum atomic E-state index is -1.21. The molecule has 0 radical (unpaired) electrons. The van der Waals surface area contributed by atoms with Crippen molar-refractivity contribution < 1.29 is 29.3 Å². The Bertz CT molecular complexity index is 1070. The van der Waals surface area contributed by atoms with Gasteiger partial charge in [-0.15, -0.1) is 0 Å². The van der Waals surface area contributed by atoms with Gasteiger partial charge >= 0.3 is 5.97 Å². The predicted molar refractivity (Wildman–Crippen MR) is 146 cm³/mol. The summed E-state index contributed by atoms with van der Waals surface area (Å²) in [6.45, 7) is 5.16. The number of rotatable bonds is 5. The van der Waals surface area contributed by atoms with Crippen molar-refractivity contribution in [3.05, 3.63) is 59.9 Å². The molecule has 2 aliphatic heterocycles. The first-order valence-electron chi connectivity index (χ1n) is 14.1. The van der Waals surface area contributed by atoms with Crippen molar-refractivity contribution in [2.24, 2.45) is 5.41 Å². The van der Waals surface area contributed by atoms with E-state index < -0.39 is 17.6 Å². The Balaban J connectivity index is 1.43. The van der Waals surface area contributed by atoms with Crippen molar-refractivity contribution in [2.45, 2.75) is 64.2 Å². The average Bonchev–Trinajstić information content (AvgIpc) is 2.97. The Morgan fingerprint density at radius 3 is 2.62 bits per heavy atom. The van der Waals surface area contributed by atoms with Gasteiger partial charge in [0.15, 0.2) is 0 Å². The fourth-order valence-electron chi connectivity index (χ4n) is 5.47. The number of aliphatic hydroxyl groups excluding tert-OH is 2. The number of aromatic nitrogens is 1. The topological polar surface area (TPSA) is 112 Å². The van der Waals surface area contributed by atoms with Crippen molar-refractivity contribution in [1.29, 1.82) is 0 Å². The third-order valence-corrected chi connectivity index (χ3v) is 7.89. The fourth-order valence-corrected chi connectivity index (χ4v) is 5.47. The molecule has 0 saturated carbocycles. The number of likely N-dealkylation sites (tertiary alicyclic amines) is 1. The number of esters is 1. The molecule has 2 aromatic rings. The summed E-state index contributed by atoms with van der Waals surface area (Å²) >= 11 is 0. The van der Waals surface area contributed by atoms with Crippen LogP contribution in [0.5, 0.6) is 5.75 Å². The Morgan fingerprint density at radius 1 is 1.05 bits per heavy atom. The van der Waals surface area contributed by atoms with Crippen molar-refractivity contribution in [3.8, 4) is 5.75 Å². The molecule has 2 N–H and O–H groups in total. The van der Waals surface area contributed by atoms with Crippen molar-refractivity contribution in [3.63, 3.8) is 0 Å². The van der Waals surface area contributed by atoms with E-state index in [0.29, 0.717) is 43.7 Å². The van der Waals surface area contributed by atoms with Gasteiger partial charge in [0, 0.05) is 31.4 Å². The van der Waals surface area contributed by atoms with Crippen LogP contribution in [0.3, 0.4) is 0 Å². The number of nitrogens with zero attached hydrogens (tertiary/aromatic N) is 3. The molecule has 2 fully saturated rings. The van der Waals surface area contributed by atoms with Gasteiger partial charge in [0.2, 0.25) is 0 Å². The van der Waals surface area contributed by atoms with Gasteiger partial charge in [-0.1, -0.05) is 18.6 Å². The molecule has 0 unspecified atom stereocenters. The standard InChI is InChI=1S/C30H41N3O6/c1-2-38-25-10-7-8-23(20-25)28(36)33-16-6-4-12-30(29(37)39-22-27(35)26(34)11-17-33)13-18-32(19-14-30)21-24-9-3-5-15-31-24/h3,5,7-10,15,20,26-27,34-35H,2,4,6,11-14,16-19,21-22H2,1H3/t26-,27+/m0/s1. The van der Waals surface area contributed by atoms with E-state index in [0.717, 1.165) is 38.2 Å². The number of hydrogen-bond acceptors (Lipinski definition) is 8. The number of pyridine rings is 1. The molecule has 1 aromatic carbocycles. The normalized spacial score (nSPS) is 23.3. The zero-order valence-electron chi connectivity index (χ0n) is 22.8. The highest BCUT2D eigenvalue weighted by Gasteiger charge is 2.42. The first-order valence-corrected chi connectivity index (χ1v) is 14.1. The highest BCUT2D eigenvalue weighted by molar-refractivity contribution is 5.94. The quantitative estimate of drug-likeness (QED) is 0.558. The fraction of sp³-hybridized carbons (Fsp3) is 0.567. The number of aliphatic hydroxyl groups is 2. The maximum atomic E-state index is 13.4. The summed E-state index contributed by atoms with van der Waals surface area (Å²) in [5.41, 5.74) is 0.884. The van der Waals surface area contributed by atoms with E-state index in [1.807, 2.05) is 31.2 Å². The van der Waals surface area contributed by atoms with E-state index in [-0.39, 0.29) is 31.4 Å². The van der Waals surface area contributed by atoms with Crippen LogP contribution in [0.2, 0.25) is 0 Å². The van der Waals surface area contributed by atoms with Crippen LogP contribution in [0, 0.1) is 5.41 Å². The summed E-state index contributed by atoms with van der Waals surface area (Å²) in [4.78, 5) is 35.2. The second-order valence-corrected chi connectivity index (χ2v) is 10.6. The molecule has 2 atom stereocenters. The summed E-state index contributed by atoms with van der Waals surface area (Å²) in [5, 5.41) is 21.1. The second-order valence-electron chi connectivity index (χ2n) is 10.6. The van der Waals surface area contributed by atoms with E-state index >= 15 is 0 Å². The molecule has 9 nitrogen and oxygen atoms in total. The Labute approximate surface area is 230 Å². The summed E-state index contributed by atoms with van der Waals surface area (Å²) in [7, 11) is 0. The predicted octanol–water partition coefficient (Wildman–Crippen LogP) is 3.04. The maximum absolute atomic E-state index is 13.4. The van der Waals surface area contributed by atoms with Crippen molar-refractivity contribution in [1.82, 2.24) is 14.8 Å². The van der Waals surface area contributed by atoms with Crippen LogP contribution in [-0.2, 0) is 16.1 Å². The largest absolute Gasteiger partial charge is 0.494 e. The summed E-state index contributed by atoms with van der Waals surface area (Å²) in [6.07, 6.45) is 3.11. The minimum absolute atomic E-state index is 0.141. The van der Waals surface area contributed by atoms with Gasteiger partial charge in [0.05, 0.1) is 23.8 Å². The lowest BCUT2D eigenvalue weighted by Gasteiger charge is -2.40. The molecule has 1 spiro atoms.